The molecule has 0 radical (unpaired) electrons. The molecule has 6 N–H and O–H groups in total. The van der Waals surface area contributed by atoms with Gasteiger partial charge in [-0.25, -0.2) is 4.79 Å². The van der Waals surface area contributed by atoms with Crippen LogP contribution in [0.3, 0.4) is 0 Å². The van der Waals surface area contributed by atoms with Crippen LogP contribution in [-0.4, -0.2) is 40.8 Å². The third-order valence-corrected chi connectivity index (χ3v) is 4.01. The highest BCUT2D eigenvalue weighted by atomic mass is 16.4. The molecule has 1 aromatic rings. The van der Waals surface area contributed by atoms with Crippen LogP contribution < -0.4 is 16.4 Å². The van der Waals surface area contributed by atoms with Gasteiger partial charge in [-0.2, -0.15) is 0 Å². The molecule has 0 aliphatic heterocycles. The highest BCUT2D eigenvalue weighted by molar-refractivity contribution is 5.89. The second-order valence-corrected chi connectivity index (χ2v) is 5.50. The van der Waals surface area contributed by atoms with Crippen LogP contribution in [0.1, 0.15) is 6.42 Å². The van der Waals surface area contributed by atoms with Crippen LogP contribution in [0.15, 0.2) is 30.3 Å². The number of carbonyl (C=O) groups is 3. The molecule has 0 heterocycles. The molecule has 2 rings (SSSR count). The zero-order valence-corrected chi connectivity index (χ0v) is 12.3. The monoisotopic (exact) mass is 321 g/mol. The number of amides is 2. The lowest BCUT2D eigenvalue weighted by Crippen LogP contribution is -2.34. The van der Waals surface area contributed by atoms with Crippen molar-refractivity contribution in [1.82, 2.24) is 5.32 Å². The van der Waals surface area contributed by atoms with Crippen LogP contribution in [-0.2, 0) is 9.59 Å². The molecule has 1 fully saturated rings. The van der Waals surface area contributed by atoms with E-state index in [4.69, 9.17) is 15.9 Å². The van der Waals surface area contributed by atoms with E-state index in [9.17, 15) is 14.4 Å². The number of benzene rings is 1. The average Bonchev–Trinajstić information content (AvgIpc) is 3.21. The van der Waals surface area contributed by atoms with Crippen LogP contribution in [0.5, 0.6) is 0 Å². The van der Waals surface area contributed by atoms with Crippen LogP contribution in [0, 0.1) is 17.8 Å². The molecule has 8 nitrogen and oxygen atoms in total. The maximum atomic E-state index is 11.7. The summed E-state index contributed by atoms with van der Waals surface area (Å²) in [6.07, 6.45) is 0.366. The van der Waals surface area contributed by atoms with Gasteiger partial charge in [0.1, 0.15) is 6.04 Å². The summed E-state index contributed by atoms with van der Waals surface area (Å²) in [6, 6.07) is 7.28. The summed E-state index contributed by atoms with van der Waals surface area (Å²) in [4.78, 5) is 33.7. The normalized spacial score (nSPS) is 23.6. The van der Waals surface area contributed by atoms with Crippen molar-refractivity contribution in [3.05, 3.63) is 30.3 Å². The molecule has 0 spiro atoms. The van der Waals surface area contributed by atoms with E-state index in [2.05, 4.69) is 10.6 Å². The summed E-state index contributed by atoms with van der Waals surface area (Å²) in [6.45, 7) is 0.246. The Morgan fingerprint density at radius 1 is 1.17 bits per heavy atom. The third kappa shape index (κ3) is 4.19. The van der Waals surface area contributed by atoms with Gasteiger partial charge in [-0.1, -0.05) is 18.2 Å². The van der Waals surface area contributed by atoms with Gasteiger partial charge in [0.2, 0.25) is 0 Å². The van der Waals surface area contributed by atoms with Gasteiger partial charge in [-0.3, -0.25) is 9.59 Å². The maximum Gasteiger partial charge on any atom is 0.320 e. The lowest BCUT2D eigenvalue weighted by atomic mass is 10.1. The molecule has 0 unspecified atom stereocenters. The van der Waals surface area contributed by atoms with Crippen molar-refractivity contribution in [2.75, 3.05) is 11.9 Å². The first-order chi connectivity index (χ1) is 10.9. The van der Waals surface area contributed by atoms with E-state index in [0.29, 0.717) is 12.1 Å². The minimum atomic E-state index is -1.21. The fourth-order valence-corrected chi connectivity index (χ4v) is 2.82. The van der Waals surface area contributed by atoms with E-state index in [1.54, 1.807) is 24.3 Å². The molecule has 4 atom stereocenters. The molecule has 1 aliphatic carbocycles. The minimum absolute atomic E-state index is 0.246. The SMILES string of the molecule is N[C@@H](C(=O)O)[C@@H]1[C@H](CCNC(=O)Nc2ccccc2)[C@H]1C(=O)O. The molecule has 1 aromatic carbocycles. The Morgan fingerprint density at radius 2 is 1.83 bits per heavy atom. The fourth-order valence-electron chi connectivity index (χ4n) is 2.82. The molecular weight excluding hydrogens is 302 g/mol. The number of anilines is 1. The Labute approximate surface area is 132 Å². The van der Waals surface area contributed by atoms with Gasteiger partial charge in [0.25, 0.3) is 0 Å². The number of nitrogens with two attached hydrogens (primary N) is 1. The number of carboxylic acid groups (broad SMARTS) is 2. The largest absolute Gasteiger partial charge is 0.481 e. The van der Waals surface area contributed by atoms with Crippen molar-refractivity contribution in [3.63, 3.8) is 0 Å². The maximum absolute atomic E-state index is 11.7. The number of rotatable bonds is 7. The summed E-state index contributed by atoms with van der Waals surface area (Å²) in [7, 11) is 0. The number of urea groups is 1. The first-order valence-corrected chi connectivity index (χ1v) is 7.23. The second-order valence-electron chi connectivity index (χ2n) is 5.50. The molecule has 2 amide bonds. The minimum Gasteiger partial charge on any atom is -0.481 e. The van der Waals surface area contributed by atoms with Crippen molar-refractivity contribution >= 4 is 23.7 Å². The van der Waals surface area contributed by atoms with E-state index >= 15 is 0 Å². The fraction of sp³-hybridized carbons (Fsp3) is 0.400. The summed E-state index contributed by atoms with van der Waals surface area (Å²) in [5.74, 6) is -3.95. The number of para-hydroxylation sites is 1. The third-order valence-electron chi connectivity index (χ3n) is 4.01. The van der Waals surface area contributed by atoms with Gasteiger partial charge in [-0.05, 0) is 24.5 Å². The second kappa shape index (κ2) is 7.10. The first-order valence-electron chi connectivity index (χ1n) is 7.23. The number of carbonyl (C=O) groups excluding carboxylic acids is 1. The Bertz CT molecular complexity index is 592. The molecule has 1 saturated carbocycles. The predicted octanol–water partition coefficient (Wildman–Crippen LogP) is 0.557. The van der Waals surface area contributed by atoms with Crippen molar-refractivity contribution in [1.29, 1.82) is 0 Å². The topological polar surface area (TPSA) is 142 Å². The summed E-state index contributed by atoms with van der Waals surface area (Å²) in [5.41, 5.74) is 6.16. The molecule has 0 bridgehead atoms. The van der Waals surface area contributed by atoms with Crippen molar-refractivity contribution in [2.45, 2.75) is 12.5 Å². The quantitative estimate of drug-likeness (QED) is 0.496. The Hall–Kier alpha value is -2.61. The Morgan fingerprint density at radius 3 is 2.39 bits per heavy atom. The van der Waals surface area contributed by atoms with E-state index in [1.165, 1.54) is 0 Å². The van der Waals surface area contributed by atoms with Gasteiger partial charge in [0, 0.05) is 18.2 Å². The number of carboxylic acids is 2. The summed E-state index contributed by atoms with van der Waals surface area (Å²) in [5, 5.41) is 23.2. The van der Waals surface area contributed by atoms with Crippen molar-refractivity contribution in [2.24, 2.45) is 23.5 Å². The highest BCUT2D eigenvalue weighted by Crippen LogP contribution is 2.50. The van der Waals surface area contributed by atoms with Crippen molar-refractivity contribution < 1.29 is 24.6 Å². The molecule has 0 saturated heterocycles. The molecule has 0 aromatic heterocycles. The van der Waals surface area contributed by atoms with Crippen LogP contribution in [0.4, 0.5) is 10.5 Å². The standard InChI is InChI=1S/C15H19N3O5/c16-12(14(21)22)10-9(11(10)13(19)20)6-7-17-15(23)18-8-4-2-1-3-5-8/h1-5,9-12H,6-7,16H2,(H,19,20)(H,21,22)(H2,17,18,23)/t9-,10+,11+,12+/m0/s1. The molecule has 124 valence electrons. The zero-order valence-electron chi connectivity index (χ0n) is 12.3. The van der Waals surface area contributed by atoms with E-state index in [-0.39, 0.29) is 12.5 Å². The Kier molecular flexibility index (Phi) is 5.17. The van der Waals surface area contributed by atoms with Crippen LogP contribution in [0.2, 0.25) is 0 Å². The zero-order chi connectivity index (χ0) is 17.0. The van der Waals surface area contributed by atoms with Crippen LogP contribution in [0.25, 0.3) is 0 Å². The van der Waals surface area contributed by atoms with E-state index in [0.717, 1.165) is 0 Å². The van der Waals surface area contributed by atoms with E-state index < -0.39 is 35.8 Å². The number of aliphatic carboxylic acids is 2. The summed E-state index contributed by atoms with van der Waals surface area (Å²) < 4.78 is 0. The first kappa shape index (κ1) is 16.8. The molecule has 8 heteroatoms. The lowest BCUT2D eigenvalue weighted by Gasteiger charge is -2.08. The van der Waals surface area contributed by atoms with Gasteiger partial charge < -0.3 is 26.6 Å². The van der Waals surface area contributed by atoms with Gasteiger partial charge in [0.15, 0.2) is 0 Å². The van der Waals surface area contributed by atoms with E-state index in [1.807, 2.05) is 6.07 Å². The lowest BCUT2D eigenvalue weighted by molar-refractivity contribution is -0.140. The molecular formula is C15H19N3O5. The number of hydrogen-bond acceptors (Lipinski definition) is 4. The summed E-state index contributed by atoms with van der Waals surface area (Å²) >= 11 is 0. The van der Waals surface area contributed by atoms with Crippen molar-refractivity contribution in [3.8, 4) is 0 Å². The van der Waals surface area contributed by atoms with Crippen LogP contribution >= 0.6 is 0 Å². The molecule has 23 heavy (non-hydrogen) atoms. The smallest absolute Gasteiger partial charge is 0.320 e. The molecule has 1 aliphatic rings. The highest BCUT2D eigenvalue weighted by Gasteiger charge is 2.58. The Balaban J connectivity index is 1.78. The number of nitrogens with one attached hydrogen (secondary N) is 2. The number of hydrogen-bond donors (Lipinski definition) is 5. The van der Waals surface area contributed by atoms with Gasteiger partial charge >= 0.3 is 18.0 Å². The van der Waals surface area contributed by atoms with Gasteiger partial charge in [-0.15, -0.1) is 0 Å². The van der Waals surface area contributed by atoms with Gasteiger partial charge in [0.05, 0.1) is 5.92 Å². The average molecular weight is 321 g/mol. The predicted molar refractivity (Wildman–Crippen MR) is 81.8 cm³/mol.